The summed E-state index contributed by atoms with van der Waals surface area (Å²) in [6.45, 7) is 3.34. The van der Waals surface area contributed by atoms with E-state index in [9.17, 15) is 14.7 Å². The normalized spacial score (nSPS) is 17.3. The van der Waals surface area contributed by atoms with E-state index in [0.29, 0.717) is 19.4 Å². The Morgan fingerprint density at radius 2 is 2.16 bits per heavy atom. The molecule has 1 aliphatic rings. The highest BCUT2D eigenvalue weighted by Crippen LogP contribution is 2.32. The average molecular weight is 262 g/mol. The number of carbonyl (C=O) groups excluding carboxylic acids is 1. The zero-order valence-corrected chi connectivity index (χ0v) is 10.9. The molecule has 0 saturated heterocycles. The number of fused-ring (bicyclic) bond motifs is 1. The Morgan fingerprint density at radius 3 is 2.84 bits per heavy atom. The second-order valence-corrected chi connectivity index (χ2v) is 4.55. The lowest BCUT2D eigenvalue weighted by Crippen LogP contribution is -2.43. The van der Waals surface area contributed by atoms with Crippen LogP contribution in [0.1, 0.15) is 18.9 Å². The second-order valence-electron chi connectivity index (χ2n) is 4.55. The second kappa shape index (κ2) is 5.84. The number of carboxylic acids is 1. The van der Waals surface area contributed by atoms with Gasteiger partial charge in [0.05, 0.1) is 0 Å². The summed E-state index contributed by atoms with van der Waals surface area (Å²) in [5.74, 6) is -1.09. The van der Waals surface area contributed by atoms with Crippen LogP contribution in [0, 0.1) is 0 Å². The van der Waals surface area contributed by atoms with E-state index in [0.717, 1.165) is 17.8 Å². The maximum absolute atomic E-state index is 12.2. The molecule has 1 heterocycles. The summed E-state index contributed by atoms with van der Waals surface area (Å²) < 4.78 is 0. The fourth-order valence-electron chi connectivity index (χ4n) is 2.38. The zero-order chi connectivity index (χ0) is 13.8. The number of hydrogen-bond acceptors (Lipinski definition) is 3. The standard InChI is InChI=1S/C14H18N2O3/c1-2-15-8-7-13(17)16-11-6-4-3-5-10(11)9-12(16)14(18)19/h3-6,12,15H,2,7-9H2,1H3,(H,18,19). The van der Waals surface area contributed by atoms with Crippen molar-refractivity contribution < 1.29 is 14.7 Å². The van der Waals surface area contributed by atoms with E-state index in [1.54, 1.807) is 0 Å². The van der Waals surface area contributed by atoms with Crippen molar-refractivity contribution in [1.82, 2.24) is 5.32 Å². The first-order chi connectivity index (χ1) is 9.15. The number of amides is 1. The van der Waals surface area contributed by atoms with Crippen molar-refractivity contribution >= 4 is 17.6 Å². The highest BCUT2D eigenvalue weighted by molar-refractivity contribution is 6.01. The predicted molar refractivity (Wildman–Crippen MR) is 72.2 cm³/mol. The molecule has 1 aromatic rings. The van der Waals surface area contributed by atoms with Crippen LogP contribution in [0.5, 0.6) is 0 Å². The number of para-hydroxylation sites is 1. The predicted octanol–water partition coefficient (Wildman–Crippen LogP) is 1.03. The molecule has 5 heteroatoms. The number of benzene rings is 1. The number of carboxylic acid groups (broad SMARTS) is 1. The Kier molecular flexibility index (Phi) is 4.16. The fourth-order valence-corrected chi connectivity index (χ4v) is 2.38. The van der Waals surface area contributed by atoms with Gasteiger partial charge in [0.2, 0.25) is 5.91 Å². The molecule has 2 rings (SSSR count). The molecule has 0 spiro atoms. The molecule has 5 nitrogen and oxygen atoms in total. The van der Waals surface area contributed by atoms with Crippen LogP contribution in [0.25, 0.3) is 0 Å². The minimum atomic E-state index is -0.951. The van der Waals surface area contributed by atoms with Gasteiger partial charge in [0.1, 0.15) is 6.04 Å². The summed E-state index contributed by atoms with van der Waals surface area (Å²) in [6.07, 6.45) is 0.699. The third-order valence-corrected chi connectivity index (χ3v) is 3.30. The van der Waals surface area contributed by atoms with Crippen LogP contribution in [-0.2, 0) is 16.0 Å². The first kappa shape index (κ1) is 13.5. The molecule has 1 aromatic carbocycles. The summed E-state index contributed by atoms with van der Waals surface area (Å²) in [5, 5.41) is 12.3. The van der Waals surface area contributed by atoms with Gasteiger partial charge in [-0.15, -0.1) is 0 Å². The Bertz CT molecular complexity index is 487. The van der Waals surface area contributed by atoms with Crippen LogP contribution >= 0.6 is 0 Å². The topological polar surface area (TPSA) is 69.6 Å². The minimum absolute atomic E-state index is 0.140. The number of nitrogens with zero attached hydrogens (tertiary/aromatic N) is 1. The molecule has 102 valence electrons. The largest absolute Gasteiger partial charge is 0.480 e. The van der Waals surface area contributed by atoms with E-state index in [-0.39, 0.29) is 5.91 Å². The first-order valence-corrected chi connectivity index (χ1v) is 6.48. The van der Waals surface area contributed by atoms with E-state index in [4.69, 9.17) is 0 Å². The molecule has 0 fully saturated rings. The van der Waals surface area contributed by atoms with Crippen molar-refractivity contribution in [1.29, 1.82) is 0 Å². The van der Waals surface area contributed by atoms with Gasteiger partial charge in [-0.25, -0.2) is 4.79 Å². The van der Waals surface area contributed by atoms with Crippen LogP contribution in [0.3, 0.4) is 0 Å². The average Bonchev–Trinajstić information content (AvgIpc) is 2.78. The zero-order valence-electron chi connectivity index (χ0n) is 10.9. The number of hydrogen-bond donors (Lipinski definition) is 2. The molecular formula is C14H18N2O3. The molecule has 0 aromatic heterocycles. The fraction of sp³-hybridized carbons (Fsp3) is 0.429. The van der Waals surface area contributed by atoms with Crippen molar-refractivity contribution in [3.63, 3.8) is 0 Å². The monoisotopic (exact) mass is 262 g/mol. The van der Waals surface area contributed by atoms with E-state index in [2.05, 4.69) is 5.32 Å². The van der Waals surface area contributed by atoms with E-state index >= 15 is 0 Å². The Morgan fingerprint density at radius 1 is 1.42 bits per heavy atom. The van der Waals surface area contributed by atoms with Crippen LogP contribution in [0.2, 0.25) is 0 Å². The van der Waals surface area contributed by atoms with Gasteiger partial charge in [0, 0.05) is 25.1 Å². The van der Waals surface area contributed by atoms with Gasteiger partial charge in [-0.2, -0.15) is 0 Å². The van der Waals surface area contributed by atoms with Gasteiger partial charge in [-0.05, 0) is 18.2 Å². The first-order valence-electron chi connectivity index (χ1n) is 6.48. The maximum Gasteiger partial charge on any atom is 0.327 e. The van der Waals surface area contributed by atoms with Crippen molar-refractivity contribution in [2.24, 2.45) is 0 Å². The third-order valence-electron chi connectivity index (χ3n) is 3.30. The summed E-state index contributed by atoms with van der Waals surface area (Å²) in [6, 6.07) is 6.61. The van der Waals surface area contributed by atoms with Crippen molar-refractivity contribution in [3.8, 4) is 0 Å². The van der Waals surface area contributed by atoms with Crippen molar-refractivity contribution in [3.05, 3.63) is 29.8 Å². The Hall–Kier alpha value is -1.88. The van der Waals surface area contributed by atoms with Crippen LogP contribution in [0.4, 0.5) is 5.69 Å². The Balaban J connectivity index is 2.19. The molecular weight excluding hydrogens is 244 g/mol. The number of rotatable bonds is 5. The molecule has 0 bridgehead atoms. The Labute approximate surface area is 112 Å². The van der Waals surface area contributed by atoms with Gasteiger partial charge in [-0.1, -0.05) is 25.1 Å². The van der Waals surface area contributed by atoms with Gasteiger partial charge in [0.25, 0.3) is 0 Å². The number of nitrogens with one attached hydrogen (secondary N) is 1. The smallest absolute Gasteiger partial charge is 0.327 e. The molecule has 0 radical (unpaired) electrons. The maximum atomic E-state index is 12.2. The lowest BCUT2D eigenvalue weighted by molar-refractivity contribution is -0.139. The van der Waals surface area contributed by atoms with Crippen molar-refractivity contribution in [2.45, 2.75) is 25.8 Å². The molecule has 1 unspecified atom stereocenters. The minimum Gasteiger partial charge on any atom is -0.480 e. The molecule has 1 aliphatic heterocycles. The summed E-state index contributed by atoms with van der Waals surface area (Å²) in [5.41, 5.74) is 1.66. The van der Waals surface area contributed by atoms with Crippen LogP contribution < -0.4 is 10.2 Å². The molecule has 2 N–H and O–H groups in total. The summed E-state index contributed by atoms with van der Waals surface area (Å²) >= 11 is 0. The number of aliphatic carboxylic acids is 1. The lowest BCUT2D eigenvalue weighted by Gasteiger charge is -2.22. The quantitative estimate of drug-likeness (QED) is 0.778. The molecule has 19 heavy (non-hydrogen) atoms. The highest BCUT2D eigenvalue weighted by Gasteiger charge is 2.37. The number of carbonyl (C=O) groups is 2. The van der Waals surface area contributed by atoms with Crippen LogP contribution in [-0.4, -0.2) is 36.1 Å². The van der Waals surface area contributed by atoms with Gasteiger partial charge in [0.15, 0.2) is 0 Å². The molecule has 0 aliphatic carbocycles. The van der Waals surface area contributed by atoms with Gasteiger partial charge < -0.3 is 10.4 Å². The van der Waals surface area contributed by atoms with E-state index in [1.165, 1.54) is 4.90 Å². The molecule has 1 atom stereocenters. The van der Waals surface area contributed by atoms with Gasteiger partial charge >= 0.3 is 5.97 Å². The van der Waals surface area contributed by atoms with Crippen LogP contribution in [0.15, 0.2) is 24.3 Å². The number of anilines is 1. The van der Waals surface area contributed by atoms with E-state index < -0.39 is 12.0 Å². The van der Waals surface area contributed by atoms with Gasteiger partial charge in [-0.3, -0.25) is 9.69 Å². The summed E-state index contributed by atoms with van der Waals surface area (Å²) in [4.78, 5) is 25.0. The summed E-state index contributed by atoms with van der Waals surface area (Å²) in [7, 11) is 0. The SMILES string of the molecule is CCNCCC(=O)N1c2ccccc2CC1C(=O)O. The molecule has 1 amide bonds. The highest BCUT2D eigenvalue weighted by atomic mass is 16.4. The third kappa shape index (κ3) is 2.76. The molecule has 0 saturated carbocycles. The van der Waals surface area contributed by atoms with Crippen molar-refractivity contribution in [2.75, 3.05) is 18.0 Å². The van der Waals surface area contributed by atoms with E-state index in [1.807, 2.05) is 31.2 Å². The lowest BCUT2D eigenvalue weighted by atomic mass is 10.1.